The largest absolute Gasteiger partial charge is 0.461 e. The summed E-state index contributed by atoms with van der Waals surface area (Å²) in [4.78, 5) is 16.7. The molecule has 0 radical (unpaired) electrons. The van der Waals surface area contributed by atoms with Crippen LogP contribution in [0.3, 0.4) is 0 Å². The highest BCUT2D eigenvalue weighted by Crippen LogP contribution is 2.66. The number of hydrogen-bond acceptors (Lipinski definition) is 5. The van der Waals surface area contributed by atoms with Crippen LogP contribution in [0.4, 0.5) is 0 Å². The Morgan fingerprint density at radius 1 is 1.38 bits per heavy atom. The van der Waals surface area contributed by atoms with Gasteiger partial charge >= 0.3 is 5.97 Å². The number of ether oxygens (including phenoxy) is 1. The van der Waals surface area contributed by atoms with Crippen LogP contribution in [0.5, 0.6) is 0 Å². The second-order valence-corrected chi connectivity index (χ2v) is 8.75. The Morgan fingerprint density at radius 2 is 2.17 bits per heavy atom. The predicted molar refractivity (Wildman–Crippen MR) is 93.8 cm³/mol. The van der Waals surface area contributed by atoms with Crippen LogP contribution in [0.2, 0.25) is 0 Å². The molecule has 1 aromatic heterocycles. The number of benzene rings is 1. The first-order valence-electron chi connectivity index (χ1n) is 8.58. The van der Waals surface area contributed by atoms with Crippen LogP contribution in [0.1, 0.15) is 40.0 Å². The predicted octanol–water partition coefficient (Wildman–Crippen LogP) is 4.68. The van der Waals surface area contributed by atoms with E-state index in [0.29, 0.717) is 11.1 Å². The van der Waals surface area contributed by atoms with E-state index < -0.39 is 0 Å². The second-order valence-electron chi connectivity index (χ2n) is 7.83. The Balaban J connectivity index is 1.37. The lowest BCUT2D eigenvalue weighted by Crippen LogP contribution is -2.38. The van der Waals surface area contributed by atoms with Crippen molar-refractivity contribution >= 4 is 28.8 Å². The number of esters is 1. The molecule has 0 amide bonds. The van der Waals surface area contributed by atoms with Crippen LogP contribution < -0.4 is 0 Å². The molecule has 2 aliphatic rings. The van der Waals surface area contributed by atoms with Gasteiger partial charge in [0.15, 0.2) is 5.58 Å². The van der Waals surface area contributed by atoms with Gasteiger partial charge < -0.3 is 9.15 Å². The third kappa shape index (κ3) is 2.36. The van der Waals surface area contributed by atoms with E-state index in [2.05, 4.69) is 25.8 Å². The highest BCUT2D eigenvalue weighted by molar-refractivity contribution is 7.99. The molecule has 1 aromatic carbocycles. The normalized spacial score (nSPS) is 30.8. The van der Waals surface area contributed by atoms with Gasteiger partial charge in [0.25, 0.3) is 5.22 Å². The van der Waals surface area contributed by atoms with Gasteiger partial charge in [0.1, 0.15) is 17.4 Å². The van der Waals surface area contributed by atoms with Gasteiger partial charge in [0.2, 0.25) is 0 Å². The number of hydrogen-bond donors (Lipinski definition) is 0. The minimum absolute atomic E-state index is 0.0444. The Morgan fingerprint density at radius 3 is 2.83 bits per heavy atom. The topological polar surface area (TPSA) is 52.3 Å². The molecule has 4 nitrogen and oxygen atoms in total. The monoisotopic (exact) mass is 345 g/mol. The van der Waals surface area contributed by atoms with Crippen molar-refractivity contribution in [2.75, 3.05) is 5.75 Å². The first kappa shape index (κ1) is 16.0. The standard InChI is InChI=1S/C19H23NO3S/c1-18(2)12-8-9-19(18,3)15(10-12)23-16(21)11-24-17-20-13-6-4-5-7-14(13)22-17/h4-7,12,15H,8-11H2,1-3H3/t12-,15+,19+/m1/s1. The van der Waals surface area contributed by atoms with Gasteiger partial charge in [-0.2, -0.15) is 0 Å². The van der Waals surface area contributed by atoms with Gasteiger partial charge in [-0.25, -0.2) is 4.98 Å². The summed E-state index contributed by atoms with van der Waals surface area (Å²) in [5.41, 5.74) is 1.92. The van der Waals surface area contributed by atoms with E-state index in [4.69, 9.17) is 9.15 Å². The third-order valence-electron chi connectivity index (χ3n) is 6.58. The molecular formula is C19H23NO3S. The van der Waals surface area contributed by atoms with Crippen molar-refractivity contribution in [1.29, 1.82) is 0 Å². The molecule has 4 rings (SSSR count). The fraction of sp³-hybridized carbons (Fsp3) is 0.579. The molecule has 0 aliphatic heterocycles. The first-order valence-corrected chi connectivity index (χ1v) is 9.56. The number of thioether (sulfide) groups is 1. The second kappa shape index (κ2) is 5.51. The summed E-state index contributed by atoms with van der Waals surface area (Å²) < 4.78 is 11.5. The summed E-state index contributed by atoms with van der Waals surface area (Å²) in [5, 5.41) is 0.521. The van der Waals surface area contributed by atoms with E-state index in [0.717, 1.165) is 23.9 Å². The van der Waals surface area contributed by atoms with E-state index in [1.165, 1.54) is 18.2 Å². The summed E-state index contributed by atoms with van der Waals surface area (Å²) in [6, 6.07) is 7.61. The Bertz CT molecular complexity index is 751. The molecular weight excluding hydrogens is 322 g/mol. The number of rotatable bonds is 4. The molecule has 3 atom stereocenters. The number of carbonyl (C=O) groups is 1. The summed E-state index contributed by atoms with van der Waals surface area (Å²) in [5.74, 6) is 0.742. The van der Waals surface area contributed by atoms with Crippen molar-refractivity contribution in [3.63, 3.8) is 0 Å². The number of fused-ring (bicyclic) bond motifs is 3. The SMILES string of the molecule is CC1(C)[C@@H]2CC[C@@]1(C)[C@@H](OC(=O)CSc1nc3ccccc3o1)C2. The van der Waals surface area contributed by atoms with Crippen molar-refractivity contribution in [3.8, 4) is 0 Å². The number of aromatic nitrogens is 1. The highest BCUT2D eigenvalue weighted by Gasteiger charge is 2.62. The molecule has 128 valence electrons. The fourth-order valence-corrected chi connectivity index (χ4v) is 5.16. The molecule has 1 heterocycles. The quantitative estimate of drug-likeness (QED) is 0.595. The summed E-state index contributed by atoms with van der Waals surface area (Å²) in [6.07, 6.45) is 3.46. The number of nitrogens with zero attached hydrogens (tertiary/aromatic N) is 1. The molecule has 2 aromatic rings. The van der Waals surface area contributed by atoms with Gasteiger partial charge in [-0.1, -0.05) is 44.7 Å². The number of carbonyl (C=O) groups excluding carboxylic acids is 1. The summed E-state index contributed by atoms with van der Waals surface area (Å²) in [7, 11) is 0. The zero-order chi connectivity index (χ0) is 16.9. The molecule has 2 fully saturated rings. The molecule has 24 heavy (non-hydrogen) atoms. The van der Waals surface area contributed by atoms with Crippen molar-refractivity contribution < 1.29 is 13.9 Å². The van der Waals surface area contributed by atoms with Gasteiger partial charge in [0, 0.05) is 5.41 Å². The van der Waals surface area contributed by atoms with E-state index in [-0.39, 0.29) is 28.7 Å². The molecule has 0 unspecified atom stereocenters. The Hall–Kier alpha value is -1.49. The van der Waals surface area contributed by atoms with Crippen molar-refractivity contribution in [2.45, 2.75) is 51.4 Å². The van der Waals surface area contributed by atoms with Crippen LogP contribution in [0.15, 0.2) is 33.9 Å². The minimum atomic E-state index is -0.170. The third-order valence-corrected chi connectivity index (χ3v) is 7.38. The first-order chi connectivity index (χ1) is 11.4. The maximum Gasteiger partial charge on any atom is 0.316 e. The molecule has 0 N–H and O–H groups in total. The maximum absolute atomic E-state index is 12.3. The van der Waals surface area contributed by atoms with E-state index in [1.54, 1.807) is 0 Å². The van der Waals surface area contributed by atoms with E-state index in [1.807, 2.05) is 24.3 Å². The average molecular weight is 345 g/mol. The molecule has 2 saturated carbocycles. The van der Waals surface area contributed by atoms with Crippen LogP contribution in [0, 0.1) is 16.7 Å². The van der Waals surface area contributed by atoms with Gasteiger partial charge in [-0.15, -0.1) is 0 Å². The highest BCUT2D eigenvalue weighted by atomic mass is 32.2. The molecule has 5 heteroatoms. The van der Waals surface area contributed by atoms with Crippen LogP contribution >= 0.6 is 11.8 Å². The van der Waals surface area contributed by atoms with Gasteiger partial charge in [-0.05, 0) is 42.7 Å². The Labute approximate surface area is 146 Å². The lowest BCUT2D eigenvalue weighted by molar-refractivity contribution is -0.153. The lowest BCUT2D eigenvalue weighted by Gasteiger charge is -2.38. The molecule has 0 saturated heterocycles. The van der Waals surface area contributed by atoms with Gasteiger partial charge in [-0.3, -0.25) is 4.79 Å². The fourth-order valence-electron chi connectivity index (χ4n) is 4.53. The van der Waals surface area contributed by atoms with Crippen molar-refractivity contribution in [1.82, 2.24) is 4.98 Å². The van der Waals surface area contributed by atoms with E-state index >= 15 is 0 Å². The Kier molecular flexibility index (Phi) is 3.68. The zero-order valence-corrected chi connectivity index (χ0v) is 15.2. The smallest absolute Gasteiger partial charge is 0.316 e. The molecule has 0 spiro atoms. The van der Waals surface area contributed by atoms with Crippen LogP contribution in [-0.2, 0) is 9.53 Å². The van der Waals surface area contributed by atoms with Crippen molar-refractivity contribution in [3.05, 3.63) is 24.3 Å². The minimum Gasteiger partial charge on any atom is -0.461 e. The van der Waals surface area contributed by atoms with E-state index in [9.17, 15) is 4.79 Å². The number of para-hydroxylation sites is 2. The zero-order valence-electron chi connectivity index (χ0n) is 14.4. The maximum atomic E-state index is 12.3. The van der Waals surface area contributed by atoms with Crippen molar-refractivity contribution in [2.24, 2.45) is 16.7 Å². The molecule has 2 aliphatic carbocycles. The van der Waals surface area contributed by atoms with Crippen LogP contribution in [0.25, 0.3) is 11.1 Å². The number of oxazole rings is 1. The lowest BCUT2D eigenvalue weighted by atomic mass is 9.70. The summed E-state index contributed by atoms with van der Waals surface area (Å²) >= 11 is 1.30. The molecule has 2 bridgehead atoms. The van der Waals surface area contributed by atoms with Crippen LogP contribution in [-0.4, -0.2) is 22.8 Å². The average Bonchev–Trinajstić information content (AvgIpc) is 3.11. The van der Waals surface area contributed by atoms with Gasteiger partial charge in [0.05, 0.1) is 0 Å². The summed E-state index contributed by atoms with van der Waals surface area (Å²) in [6.45, 7) is 6.93.